The summed E-state index contributed by atoms with van der Waals surface area (Å²) in [6.07, 6.45) is 0.650. The zero-order valence-electron chi connectivity index (χ0n) is 17.8. The monoisotopic (exact) mass is 436 g/mol. The normalized spacial score (nSPS) is 19.8. The number of hydrogen-bond acceptors (Lipinski definition) is 3. The quantitative estimate of drug-likeness (QED) is 0.631. The molecule has 0 N–H and O–H groups in total. The molecule has 32 heavy (non-hydrogen) atoms. The van der Waals surface area contributed by atoms with E-state index >= 15 is 0 Å². The van der Waals surface area contributed by atoms with E-state index < -0.39 is 17.7 Å². The first-order chi connectivity index (χ1) is 15.3. The van der Waals surface area contributed by atoms with Gasteiger partial charge in [-0.15, -0.1) is 0 Å². The summed E-state index contributed by atoms with van der Waals surface area (Å²) >= 11 is 0. The van der Waals surface area contributed by atoms with Gasteiger partial charge >= 0.3 is 0 Å². The molecule has 164 valence electrons. The number of amides is 2. The second-order valence-corrected chi connectivity index (χ2v) is 8.33. The number of aryl methyl sites for hydroxylation is 1. The molecule has 2 fully saturated rings. The Labute approximate surface area is 184 Å². The van der Waals surface area contributed by atoms with Crippen molar-refractivity contribution >= 4 is 17.5 Å². The molecule has 5 rings (SSSR count). The fourth-order valence-corrected chi connectivity index (χ4v) is 4.83. The van der Waals surface area contributed by atoms with Crippen molar-refractivity contribution in [2.45, 2.75) is 38.8 Å². The van der Waals surface area contributed by atoms with Crippen LogP contribution in [0.25, 0.3) is 5.69 Å². The van der Waals surface area contributed by atoms with Gasteiger partial charge in [0.1, 0.15) is 6.04 Å². The number of likely N-dealkylation sites (tertiary alicyclic amines) is 1. The van der Waals surface area contributed by atoms with E-state index in [0.29, 0.717) is 18.7 Å². The van der Waals surface area contributed by atoms with E-state index in [1.54, 1.807) is 4.90 Å². The van der Waals surface area contributed by atoms with Crippen LogP contribution < -0.4 is 4.90 Å². The van der Waals surface area contributed by atoms with E-state index in [1.807, 2.05) is 48.9 Å². The van der Waals surface area contributed by atoms with Gasteiger partial charge in [-0.3, -0.25) is 9.59 Å². The summed E-state index contributed by atoms with van der Waals surface area (Å²) in [6, 6.07) is 12.3. The van der Waals surface area contributed by atoms with E-state index in [2.05, 4.69) is 5.10 Å². The molecule has 8 heteroatoms. The van der Waals surface area contributed by atoms with Gasteiger partial charge in [-0.2, -0.15) is 5.10 Å². The van der Waals surface area contributed by atoms with Gasteiger partial charge in [-0.05, 0) is 44.5 Å². The average Bonchev–Trinajstić information content (AvgIpc) is 3.43. The van der Waals surface area contributed by atoms with E-state index in [1.165, 1.54) is 11.0 Å². The Bertz CT molecular complexity index is 1220. The lowest BCUT2D eigenvalue weighted by Gasteiger charge is -2.34. The number of anilines is 1. The topological polar surface area (TPSA) is 58.4 Å². The van der Waals surface area contributed by atoms with Crippen molar-refractivity contribution < 1.29 is 18.4 Å². The van der Waals surface area contributed by atoms with Crippen LogP contribution in [0.4, 0.5) is 14.5 Å². The summed E-state index contributed by atoms with van der Waals surface area (Å²) < 4.78 is 28.8. The molecule has 2 aromatic carbocycles. The highest BCUT2D eigenvalue weighted by Gasteiger charge is 2.51. The lowest BCUT2D eigenvalue weighted by Crippen LogP contribution is -2.53. The van der Waals surface area contributed by atoms with E-state index in [4.69, 9.17) is 0 Å². The molecule has 3 aromatic rings. The Balaban J connectivity index is 1.34. The molecule has 0 unspecified atom stereocenters. The number of nitrogens with zero attached hydrogens (tertiary/aromatic N) is 4. The summed E-state index contributed by atoms with van der Waals surface area (Å²) in [5, 5.41) is 4.59. The number of carbonyl (C=O) groups excluding carboxylic acids is 2. The Hall–Kier alpha value is -3.55. The Morgan fingerprint density at radius 2 is 1.81 bits per heavy atom. The number of piperazine rings is 1. The molecule has 2 saturated heterocycles. The van der Waals surface area contributed by atoms with Gasteiger partial charge in [-0.1, -0.05) is 18.2 Å². The Morgan fingerprint density at radius 1 is 1.06 bits per heavy atom. The summed E-state index contributed by atoms with van der Waals surface area (Å²) in [4.78, 5) is 29.2. The van der Waals surface area contributed by atoms with Crippen LogP contribution in [-0.2, 0) is 16.0 Å². The smallest absolute Gasteiger partial charge is 0.250 e. The van der Waals surface area contributed by atoms with Gasteiger partial charge in [0.05, 0.1) is 23.8 Å². The van der Waals surface area contributed by atoms with E-state index in [0.717, 1.165) is 34.8 Å². The van der Waals surface area contributed by atoms with Crippen molar-refractivity contribution in [3.05, 3.63) is 77.1 Å². The third kappa shape index (κ3) is 3.18. The SMILES string of the molecule is Cc1nn(-c2ccccc2)c(C)c1CC(=O)N1C[C@@H]2C[C@H]1C(=O)N2c1ccc(F)c(F)c1. The minimum Gasteiger partial charge on any atom is -0.328 e. The summed E-state index contributed by atoms with van der Waals surface area (Å²) in [5.41, 5.74) is 3.76. The lowest BCUT2D eigenvalue weighted by atomic mass is 10.1. The maximum atomic E-state index is 13.7. The third-order valence-corrected chi connectivity index (χ3v) is 6.44. The van der Waals surface area contributed by atoms with Crippen molar-refractivity contribution in [1.82, 2.24) is 14.7 Å². The molecule has 6 nitrogen and oxygen atoms in total. The van der Waals surface area contributed by atoms with Crippen molar-refractivity contribution in [2.75, 3.05) is 11.4 Å². The first kappa shape index (κ1) is 20.4. The molecule has 1 aromatic heterocycles. The number of para-hydroxylation sites is 1. The third-order valence-electron chi connectivity index (χ3n) is 6.44. The number of benzene rings is 2. The van der Waals surface area contributed by atoms with Crippen molar-refractivity contribution in [2.24, 2.45) is 0 Å². The fourth-order valence-electron chi connectivity index (χ4n) is 4.83. The van der Waals surface area contributed by atoms with Crippen LogP contribution in [0.2, 0.25) is 0 Å². The van der Waals surface area contributed by atoms with Gasteiger partial charge in [0.25, 0.3) is 0 Å². The standard InChI is InChI=1S/C24H22F2N4O2/c1-14-19(15(2)30(27-14)16-6-4-3-5-7-16)12-23(31)28-13-18-11-22(28)24(32)29(18)17-8-9-20(25)21(26)10-17/h3-10,18,22H,11-13H2,1-2H3/t18-,22-/m0/s1. The second-order valence-electron chi connectivity index (χ2n) is 8.33. The largest absolute Gasteiger partial charge is 0.328 e. The van der Waals surface area contributed by atoms with E-state index in [9.17, 15) is 18.4 Å². The molecular formula is C24H22F2N4O2. The molecule has 0 aliphatic carbocycles. The van der Waals surface area contributed by atoms with Crippen molar-refractivity contribution in [3.63, 3.8) is 0 Å². The summed E-state index contributed by atoms with van der Waals surface area (Å²) in [5.74, 6) is -2.33. The molecule has 2 bridgehead atoms. The number of fused-ring (bicyclic) bond motifs is 2. The molecular weight excluding hydrogens is 414 g/mol. The Morgan fingerprint density at radius 3 is 2.50 bits per heavy atom. The summed E-state index contributed by atoms with van der Waals surface area (Å²) in [6.45, 7) is 4.18. The zero-order valence-corrected chi connectivity index (χ0v) is 17.8. The number of aromatic nitrogens is 2. The molecule has 0 spiro atoms. The van der Waals surface area contributed by atoms with Crippen LogP contribution in [0.15, 0.2) is 48.5 Å². The maximum Gasteiger partial charge on any atom is 0.250 e. The number of hydrogen-bond donors (Lipinski definition) is 0. The second kappa shape index (κ2) is 7.55. The molecule has 2 aliphatic heterocycles. The Kier molecular flexibility index (Phi) is 4.80. The van der Waals surface area contributed by atoms with Gasteiger partial charge in [0.15, 0.2) is 11.6 Å². The van der Waals surface area contributed by atoms with Crippen LogP contribution in [0.1, 0.15) is 23.4 Å². The first-order valence-corrected chi connectivity index (χ1v) is 10.5. The summed E-state index contributed by atoms with van der Waals surface area (Å²) in [7, 11) is 0. The van der Waals surface area contributed by atoms with Gasteiger partial charge in [0, 0.05) is 29.6 Å². The maximum absolute atomic E-state index is 13.7. The minimum atomic E-state index is -0.993. The predicted molar refractivity (Wildman–Crippen MR) is 114 cm³/mol. The zero-order chi connectivity index (χ0) is 22.6. The van der Waals surface area contributed by atoms with Crippen molar-refractivity contribution in [3.8, 4) is 5.69 Å². The van der Waals surface area contributed by atoms with Crippen molar-refractivity contribution in [1.29, 1.82) is 0 Å². The first-order valence-electron chi connectivity index (χ1n) is 10.5. The number of carbonyl (C=O) groups is 2. The molecule has 2 amide bonds. The molecule has 2 aliphatic rings. The van der Waals surface area contributed by atoms with E-state index in [-0.39, 0.29) is 24.3 Å². The van der Waals surface area contributed by atoms with Crippen LogP contribution in [0, 0.1) is 25.5 Å². The van der Waals surface area contributed by atoms with Gasteiger partial charge in [-0.25, -0.2) is 13.5 Å². The number of rotatable bonds is 4. The molecule has 2 atom stereocenters. The van der Waals surface area contributed by atoms with Gasteiger partial charge < -0.3 is 9.80 Å². The molecule has 3 heterocycles. The minimum absolute atomic E-state index is 0.130. The highest BCUT2D eigenvalue weighted by atomic mass is 19.2. The van der Waals surface area contributed by atoms with Crippen LogP contribution in [0.3, 0.4) is 0 Å². The lowest BCUT2D eigenvalue weighted by molar-refractivity contribution is -0.137. The molecule has 0 saturated carbocycles. The van der Waals surface area contributed by atoms with Crippen LogP contribution >= 0.6 is 0 Å². The molecule has 0 radical (unpaired) electrons. The van der Waals surface area contributed by atoms with Crippen LogP contribution in [0.5, 0.6) is 0 Å². The average molecular weight is 436 g/mol. The highest BCUT2D eigenvalue weighted by molar-refractivity contribution is 6.03. The van der Waals surface area contributed by atoms with Crippen LogP contribution in [-0.4, -0.2) is 45.1 Å². The highest BCUT2D eigenvalue weighted by Crippen LogP contribution is 2.36. The number of halogens is 2. The fraction of sp³-hybridized carbons (Fsp3) is 0.292. The predicted octanol–water partition coefficient (Wildman–Crippen LogP) is 3.33. The van der Waals surface area contributed by atoms with Gasteiger partial charge in [0.2, 0.25) is 11.8 Å².